The maximum atomic E-state index is 10.1. The molecule has 1 aliphatic carbocycles. The number of aryl methyl sites for hydroxylation is 1. The van der Waals surface area contributed by atoms with E-state index in [-0.39, 0.29) is 12.1 Å². The summed E-state index contributed by atoms with van der Waals surface area (Å²) in [4.78, 5) is 8.58. The third-order valence-electron chi connectivity index (χ3n) is 3.33. The van der Waals surface area contributed by atoms with Gasteiger partial charge >= 0.3 is 0 Å². The fraction of sp³-hybridized carbons (Fsp3) is 0.692. The molecule has 5 nitrogen and oxygen atoms in total. The lowest BCUT2D eigenvalue weighted by molar-refractivity contribution is 0.144. The van der Waals surface area contributed by atoms with Crippen LogP contribution in [-0.2, 0) is 0 Å². The summed E-state index contributed by atoms with van der Waals surface area (Å²) in [5.41, 5.74) is 0.854. The number of ether oxygens (including phenoxy) is 1. The number of rotatable bonds is 3. The van der Waals surface area contributed by atoms with Crippen LogP contribution < -0.4 is 10.1 Å². The minimum absolute atomic E-state index is 0.0407. The third kappa shape index (κ3) is 3.32. The summed E-state index contributed by atoms with van der Waals surface area (Å²) < 4.78 is 5.12. The summed E-state index contributed by atoms with van der Waals surface area (Å²) in [5, 5.41) is 13.3. The van der Waals surface area contributed by atoms with E-state index in [1.54, 1.807) is 13.2 Å². The fourth-order valence-corrected chi connectivity index (χ4v) is 2.33. The highest BCUT2D eigenvalue weighted by atomic mass is 16.5. The van der Waals surface area contributed by atoms with Crippen LogP contribution in [0.25, 0.3) is 0 Å². The molecule has 18 heavy (non-hydrogen) atoms. The van der Waals surface area contributed by atoms with E-state index >= 15 is 0 Å². The molecule has 1 aromatic rings. The van der Waals surface area contributed by atoms with Crippen molar-refractivity contribution in [2.45, 2.75) is 51.2 Å². The second kappa shape index (κ2) is 6.00. The number of aliphatic hydroxyl groups is 1. The molecule has 2 rings (SSSR count). The number of aliphatic hydroxyl groups excluding tert-OH is 1. The van der Waals surface area contributed by atoms with E-state index in [0.29, 0.717) is 11.8 Å². The van der Waals surface area contributed by atoms with Crippen LogP contribution in [0.3, 0.4) is 0 Å². The molecule has 1 aliphatic rings. The topological polar surface area (TPSA) is 67.3 Å². The summed E-state index contributed by atoms with van der Waals surface area (Å²) in [6.07, 6.45) is 4.91. The average Bonchev–Trinajstić information content (AvgIpc) is 2.54. The lowest BCUT2D eigenvalue weighted by Gasteiger charge is -2.21. The predicted octanol–water partition coefficient (Wildman–Crippen LogP) is 1.90. The standard InChI is InChI=1S/C13H21N3O2/c1-9-8-12(18-2)16-13(14-9)15-10-6-4-3-5-7-11(10)17/h8,10-11,17H,3-7H2,1-2H3,(H,14,15,16). The number of aromatic nitrogens is 2. The molecule has 2 unspecified atom stereocenters. The van der Waals surface area contributed by atoms with Crippen molar-refractivity contribution in [3.8, 4) is 5.88 Å². The zero-order valence-corrected chi connectivity index (χ0v) is 11.0. The number of methoxy groups -OCH3 is 1. The Labute approximate surface area is 108 Å². The van der Waals surface area contributed by atoms with E-state index in [4.69, 9.17) is 4.74 Å². The molecule has 0 saturated heterocycles. The van der Waals surface area contributed by atoms with E-state index in [0.717, 1.165) is 31.4 Å². The van der Waals surface area contributed by atoms with Crippen LogP contribution in [0.4, 0.5) is 5.95 Å². The quantitative estimate of drug-likeness (QED) is 0.803. The Morgan fingerprint density at radius 1 is 1.28 bits per heavy atom. The van der Waals surface area contributed by atoms with Gasteiger partial charge in [0, 0.05) is 11.8 Å². The maximum absolute atomic E-state index is 10.1. The summed E-state index contributed by atoms with van der Waals surface area (Å²) in [6, 6.07) is 1.83. The normalized spacial score (nSPS) is 24.4. The van der Waals surface area contributed by atoms with E-state index in [1.807, 2.05) is 6.92 Å². The molecule has 0 radical (unpaired) electrons. The van der Waals surface area contributed by atoms with Crippen molar-refractivity contribution >= 4 is 5.95 Å². The molecule has 5 heteroatoms. The summed E-state index contributed by atoms with van der Waals surface area (Å²) in [6.45, 7) is 1.90. The van der Waals surface area contributed by atoms with Gasteiger partial charge in [0.25, 0.3) is 0 Å². The lowest BCUT2D eigenvalue weighted by atomic mass is 10.1. The van der Waals surface area contributed by atoms with Crippen molar-refractivity contribution in [3.63, 3.8) is 0 Å². The summed E-state index contributed by atoms with van der Waals surface area (Å²) in [7, 11) is 1.59. The molecule has 1 heterocycles. The van der Waals surface area contributed by atoms with Crippen molar-refractivity contribution in [1.29, 1.82) is 0 Å². The molecule has 1 saturated carbocycles. The van der Waals surface area contributed by atoms with Gasteiger partial charge in [-0.05, 0) is 19.8 Å². The van der Waals surface area contributed by atoms with Gasteiger partial charge in [-0.25, -0.2) is 4.98 Å². The highest BCUT2D eigenvalue weighted by Crippen LogP contribution is 2.21. The zero-order chi connectivity index (χ0) is 13.0. The molecule has 0 bridgehead atoms. The Morgan fingerprint density at radius 2 is 2.06 bits per heavy atom. The van der Waals surface area contributed by atoms with Gasteiger partial charge in [-0.3, -0.25) is 0 Å². The average molecular weight is 251 g/mol. The second-order valence-electron chi connectivity index (χ2n) is 4.83. The maximum Gasteiger partial charge on any atom is 0.226 e. The lowest BCUT2D eigenvalue weighted by Crippen LogP contribution is -2.33. The number of hydrogen-bond donors (Lipinski definition) is 2. The first-order valence-electron chi connectivity index (χ1n) is 6.53. The highest BCUT2D eigenvalue weighted by molar-refractivity contribution is 5.32. The van der Waals surface area contributed by atoms with Crippen LogP contribution in [0.5, 0.6) is 5.88 Å². The van der Waals surface area contributed by atoms with Gasteiger partial charge in [0.15, 0.2) is 0 Å². The molecule has 0 amide bonds. The van der Waals surface area contributed by atoms with Gasteiger partial charge in [0.2, 0.25) is 11.8 Å². The first kappa shape index (κ1) is 13.1. The van der Waals surface area contributed by atoms with Gasteiger partial charge < -0.3 is 15.2 Å². The molecule has 0 spiro atoms. The molecule has 1 fully saturated rings. The Hall–Kier alpha value is -1.36. The van der Waals surface area contributed by atoms with Crippen LogP contribution in [0.1, 0.15) is 37.8 Å². The second-order valence-corrected chi connectivity index (χ2v) is 4.83. The van der Waals surface area contributed by atoms with Gasteiger partial charge in [-0.1, -0.05) is 19.3 Å². The number of nitrogens with one attached hydrogen (secondary N) is 1. The van der Waals surface area contributed by atoms with Gasteiger partial charge in [-0.15, -0.1) is 0 Å². The number of nitrogens with zero attached hydrogens (tertiary/aromatic N) is 2. The van der Waals surface area contributed by atoms with E-state index < -0.39 is 0 Å². The molecule has 2 atom stereocenters. The minimum atomic E-state index is -0.317. The molecular weight excluding hydrogens is 230 g/mol. The minimum Gasteiger partial charge on any atom is -0.481 e. The Balaban J connectivity index is 2.09. The van der Waals surface area contributed by atoms with E-state index in [9.17, 15) is 5.11 Å². The SMILES string of the molecule is COc1cc(C)nc(NC2CCCCCC2O)n1. The summed E-state index contributed by atoms with van der Waals surface area (Å²) >= 11 is 0. The fourth-order valence-electron chi connectivity index (χ4n) is 2.33. The van der Waals surface area contributed by atoms with Crippen LogP contribution in [0, 0.1) is 6.92 Å². The highest BCUT2D eigenvalue weighted by Gasteiger charge is 2.22. The van der Waals surface area contributed by atoms with Crippen molar-refractivity contribution in [3.05, 3.63) is 11.8 Å². The molecule has 0 aliphatic heterocycles. The van der Waals surface area contributed by atoms with E-state index in [2.05, 4.69) is 15.3 Å². The first-order valence-corrected chi connectivity index (χ1v) is 6.53. The Morgan fingerprint density at radius 3 is 2.83 bits per heavy atom. The van der Waals surface area contributed by atoms with Gasteiger partial charge in [0.1, 0.15) is 0 Å². The first-order chi connectivity index (χ1) is 8.69. The molecule has 1 aromatic heterocycles. The van der Waals surface area contributed by atoms with Crippen LogP contribution >= 0.6 is 0 Å². The third-order valence-corrected chi connectivity index (χ3v) is 3.33. The Kier molecular flexibility index (Phi) is 4.36. The van der Waals surface area contributed by atoms with Gasteiger partial charge in [0.05, 0.1) is 19.3 Å². The molecular formula is C13H21N3O2. The van der Waals surface area contributed by atoms with E-state index in [1.165, 1.54) is 6.42 Å². The smallest absolute Gasteiger partial charge is 0.226 e. The van der Waals surface area contributed by atoms with Crippen molar-refractivity contribution in [2.75, 3.05) is 12.4 Å². The van der Waals surface area contributed by atoms with Crippen LogP contribution in [-0.4, -0.2) is 34.3 Å². The monoisotopic (exact) mass is 251 g/mol. The molecule has 100 valence electrons. The zero-order valence-electron chi connectivity index (χ0n) is 11.0. The largest absolute Gasteiger partial charge is 0.481 e. The predicted molar refractivity (Wildman–Crippen MR) is 69.8 cm³/mol. The Bertz CT molecular complexity index is 398. The van der Waals surface area contributed by atoms with Crippen molar-refractivity contribution in [2.24, 2.45) is 0 Å². The van der Waals surface area contributed by atoms with Crippen LogP contribution in [0.15, 0.2) is 6.07 Å². The summed E-state index contributed by atoms with van der Waals surface area (Å²) in [5.74, 6) is 1.09. The van der Waals surface area contributed by atoms with Crippen molar-refractivity contribution in [1.82, 2.24) is 9.97 Å². The van der Waals surface area contributed by atoms with Gasteiger partial charge in [-0.2, -0.15) is 4.98 Å². The number of hydrogen-bond acceptors (Lipinski definition) is 5. The van der Waals surface area contributed by atoms with Crippen LogP contribution in [0.2, 0.25) is 0 Å². The molecule has 2 N–H and O–H groups in total. The van der Waals surface area contributed by atoms with Crippen molar-refractivity contribution < 1.29 is 9.84 Å². The molecule has 0 aromatic carbocycles. The number of anilines is 1.